The maximum Gasteiger partial charge on any atom is 0.454 e. The SMILES string of the molecule is O=C(C1=C2Oc3ccccc3C=C2CCC1)C(F)(F)F. The van der Waals surface area contributed by atoms with E-state index in [9.17, 15) is 18.0 Å². The molecule has 0 N–H and O–H groups in total. The van der Waals surface area contributed by atoms with E-state index in [-0.39, 0.29) is 17.8 Å². The monoisotopic (exact) mass is 280 g/mol. The van der Waals surface area contributed by atoms with Crippen LogP contribution in [-0.4, -0.2) is 12.0 Å². The molecule has 1 heterocycles. The third-order valence-electron chi connectivity index (χ3n) is 3.43. The molecule has 20 heavy (non-hydrogen) atoms. The van der Waals surface area contributed by atoms with Gasteiger partial charge in [0.2, 0.25) is 0 Å². The highest BCUT2D eigenvalue weighted by Gasteiger charge is 2.43. The lowest BCUT2D eigenvalue weighted by Crippen LogP contribution is -2.28. The molecule has 5 heteroatoms. The number of para-hydroxylation sites is 1. The lowest BCUT2D eigenvalue weighted by Gasteiger charge is -2.27. The van der Waals surface area contributed by atoms with Crippen LogP contribution in [0.2, 0.25) is 0 Å². The number of ether oxygens (including phenoxy) is 1. The van der Waals surface area contributed by atoms with Gasteiger partial charge < -0.3 is 4.74 Å². The minimum Gasteiger partial charge on any atom is -0.456 e. The van der Waals surface area contributed by atoms with Crippen molar-refractivity contribution in [2.24, 2.45) is 0 Å². The molecule has 104 valence electrons. The summed E-state index contributed by atoms with van der Waals surface area (Å²) in [6.07, 6.45) is -1.80. The first-order valence-corrected chi connectivity index (χ1v) is 6.29. The summed E-state index contributed by atoms with van der Waals surface area (Å²) < 4.78 is 43.4. The smallest absolute Gasteiger partial charge is 0.454 e. The van der Waals surface area contributed by atoms with Crippen LogP contribution < -0.4 is 4.74 Å². The van der Waals surface area contributed by atoms with Crippen LogP contribution in [0.1, 0.15) is 24.8 Å². The van der Waals surface area contributed by atoms with Gasteiger partial charge in [0.25, 0.3) is 5.78 Å². The summed E-state index contributed by atoms with van der Waals surface area (Å²) in [5.41, 5.74) is 1.24. The van der Waals surface area contributed by atoms with Crippen LogP contribution in [0, 0.1) is 0 Å². The molecule has 1 aliphatic carbocycles. The standard InChI is InChI=1S/C15H11F3O2/c16-15(17,18)14(19)11-6-3-5-10-8-9-4-1-2-7-12(9)20-13(10)11/h1-2,4,7-8H,3,5-6H2. The molecular weight excluding hydrogens is 269 g/mol. The van der Waals surface area contributed by atoms with Gasteiger partial charge in [0.1, 0.15) is 11.5 Å². The van der Waals surface area contributed by atoms with E-state index in [4.69, 9.17) is 4.74 Å². The topological polar surface area (TPSA) is 26.3 Å². The third-order valence-corrected chi connectivity index (χ3v) is 3.43. The Morgan fingerprint density at radius 3 is 2.65 bits per heavy atom. The highest BCUT2D eigenvalue weighted by Crippen LogP contribution is 2.40. The highest BCUT2D eigenvalue weighted by atomic mass is 19.4. The normalized spacial score (nSPS) is 17.9. The Kier molecular flexibility index (Phi) is 2.92. The van der Waals surface area contributed by atoms with Crippen molar-refractivity contribution in [2.75, 3.05) is 0 Å². The van der Waals surface area contributed by atoms with Crippen molar-refractivity contribution in [2.45, 2.75) is 25.4 Å². The number of hydrogen-bond acceptors (Lipinski definition) is 2. The fourth-order valence-electron chi connectivity index (χ4n) is 2.52. The van der Waals surface area contributed by atoms with Crippen molar-refractivity contribution >= 4 is 11.9 Å². The van der Waals surface area contributed by atoms with Crippen LogP contribution in [0.3, 0.4) is 0 Å². The van der Waals surface area contributed by atoms with Crippen molar-refractivity contribution in [3.8, 4) is 5.75 Å². The Labute approximate surface area is 113 Å². The molecule has 2 nitrogen and oxygen atoms in total. The van der Waals surface area contributed by atoms with Gasteiger partial charge in [-0.1, -0.05) is 18.2 Å². The van der Waals surface area contributed by atoms with E-state index < -0.39 is 12.0 Å². The van der Waals surface area contributed by atoms with Gasteiger partial charge in [-0.05, 0) is 37.0 Å². The van der Waals surface area contributed by atoms with E-state index in [1.807, 2.05) is 12.1 Å². The minimum atomic E-state index is -4.86. The predicted octanol–water partition coefficient (Wildman–Crippen LogP) is 4.03. The minimum absolute atomic E-state index is 0.0947. The summed E-state index contributed by atoms with van der Waals surface area (Å²) in [5, 5.41) is 0. The summed E-state index contributed by atoms with van der Waals surface area (Å²) in [6, 6.07) is 7.09. The molecule has 3 rings (SSSR count). The quantitative estimate of drug-likeness (QED) is 0.776. The van der Waals surface area contributed by atoms with Crippen molar-refractivity contribution in [3.63, 3.8) is 0 Å². The summed E-state index contributed by atoms with van der Waals surface area (Å²) in [6.45, 7) is 0. The van der Waals surface area contributed by atoms with E-state index in [0.717, 1.165) is 5.56 Å². The predicted molar refractivity (Wildman–Crippen MR) is 67.0 cm³/mol. The fraction of sp³-hybridized carbons (Fsp3) is 0.267. The van der Waals surface area contributed by atoms with Crippen molar-refractivity contribution in [3.05, 3.63) is 46.7 Å². The molecule has 0 aromatic heterocycles. The number of ketones is 1. The number of halogens is 3. The molecule has 0 amide bonds. The third kappa shape index (κ3) is 2.13. The van der Waals surface area contributed by atoms with Gasteiger partial charge in [-0.15, -0.1) is 0 Å². The number of rotatable bonds is 1. The summed E-state index contributed by atoms with van der Waals surface area (Å²) >= 11 is 0. The summed E-state index contributed by atoms with van der Waals surface area (Å²) in [7, 11) is 0. The molecule has 0 spiro atoms. The number of carbonyl (C=O) groups is 1. The number of fused-ring (bicyclic) bond motifs is 2. The first kappa shape index (κ1) is 13.0. The van der Waals surface area contributed by atoms with Crippen molar-refractivity contribution in [1.82, 2.24) is 0 Å². The van der Waals surface area contributed by atoms with Crippen LogP contribution in [0.5, 0.6) is 5.75 Å². The molecule has 2 aliphatic rings. The zero-order valence-corrected chi connectivity index (χ0v) is 10.5. The number of Topliss-reactive ketones (excluding diaryl/α,β-unsaturated/α-hetero) is 1. The lowest BCUT2D eigenvalue weighted by atomic mass is 9.88. The second-order valence-corrected chi connectivity index (χ2v) is 4.80. The number of benzene rings is 1. The molecule has 0 fully saturated rings. The number of allylic oxidation sites excluding steroid dienone is 2. The first-order chi connectivity index (χ1) is 9.47. The molecule has 0 saturated heterocycles. The largest absolute Gasteiger partial charge is 0.456 e. The van der Waals surface area contributed by atoms with Gasteiger partial charge in [0.15, 0.2) is 0 Å². The Morgan fingerprint density at radius 1 is 1.15 bits per heavy atom. The zero-order chi connectivity index (χ0) is 14.3. The Morgan fingerprint density at radius 2 is 1.90 bits per heavy atom. The lowest BCUT2D eigenvalue weighted by molar-refractivity contribution is -0.167. The van der Waals surface area contributed by atoms with Crippen LogP contribution in [-0.2, 0) is 4.79 Å². The van der Waals surface area contributed by atoms with Gasteiger partial charge in [-0.25, -0.2) is 0 Å². The Hall–Kier alpha value is -2.04. The van der Waals surface area contributed by atoms with Crippen LogP contribution in [0.15, 0.2) is 41.2 Å². The molecule has 1 aromatic carbocycles. The van der Waals surface area contributed by atoms with Gasteiger partial charge in [0.05, 0.1) is 0 Å². The molecule has 0 saturated carbocycles. The molecule has 0 unspecified atom stereocenters. The molecule has 0 atom stereocenters. The molecule has 1 aliphatic heterocycles. The van der Waals surface area contributed by atoms with E-state index in [0.29, 0.717) is 24.2 Å². The highest BCUT2D eigenvalue weighted by molar-refractivity contribution is 6.01. The molecule has 0 radical (unpaired) electrons. The van der Waals surface area contributed by atoms with Crippen molar-refractivity contribution in [1.29, 1.82) is 0 Å². The Bertz CT molecular complexity index is 639. The molecule has 0 bridgehead atoms. The van der Waals surface area contributed by atoms with Gasteiger partial charge in [-0.3, -0.25) is 4.79 Å². The van der Waals surface area contributed by atoms with Crippen LogP contribution in [0.25, 0.3) is 6.08 Å². The maximum atomic E-state index is 12.6. The number of alkyl halides is 3. The first-order valence-electron chi connectivity index (χ1n) is 6.29. The van der Waals surface area contributed by atoms with Gasteiger partial charge >= 0.3 is 6.18 Å². The molecule has 1 aromatic rings. The molecular formula is C15H11F3O2. The summed E-state index contributed by atoms with van der Waals surface area (Å²) in [5.74, 6) is -1.21. The van der Waals surface area contributed by atoms with E-state index in [2.05, 4.69) is 0 Å². The maximum absolute atomic E-state index is 12.6. The number of hydrogen-bond donors (Lipinski definition) is 0. The van der Waals surface area contributed by atoms with Crippen LogP contribution in [0.4, 0.5) is 13.2 Å². The summed E-state index contributed by atoms with van der Waals surface area (Å²) in [4.78, 5) is 11.5. The second kappa shape index (κ2) is 4.51. The van der Waals surface area contributed by atoms with E-state index in [1.54, 1.807) is 18.2 Å². The Balaban J connectivity index is 2.10. The van der Waals surface area contributed by atoms with Crippen molar-refractivity contribution < 1.29 is 22.7 Å². The average molecular weight is 280 g/mol. The zero-order valence-electron chi connectivity index (χ0n) is 10.5. The average Bonchev–Trinajstić information content (AvgIpc) is 2.42. The van der Waals surface area contributed by atoms with E-state index >= 15 is 0 Å². The van der Waals surface area contributed by atoms with Crippen LogP contribution >= 0.6 is 0 Å². The fourth-order valence-corrected chi connectivity index (χ4v) is 2.52. The van der Waals surface area contributed by atoms with Gasteiger partial charge in [-0.2, -0.15) is 13.2 Å². The second-order valence-electron chi connectivity index (χ2n) is 4.80. The van der Waals surface area contributed by atoms with E-state index in [1.165, 1.54) is 0 Å². The number of carbonyl (C=O) groups excluding carboxylic acids is 1. The van der Waals surface area contributed by atoms with Gasteiger partial charge in [0, 0.05) is 11.1 Å².